The Morgan fingerprint density at radius 2 is 1.56 bits per heavy atom. The van der Waals surface area contributed by atoms with E-state index in [1.165, 1.54) is 22.3 Å². The fourth-order valence-electron chi connectivity index (χ4n) is 2.15. The van der Waals surface area contributed by atoms with Crippen LogP contribution in [0.2, 0.25) is 0 Å². The first-order valence-electron chi connectivity index (χ1n) is 6.45. The third-order valence-electron chi connectivity index (χ3n) is 3.28. The van der Waals surface area contributed by atoms with Crippen molar-refractivity contribution in [3.05, 3.63) is 66.2 Å². The van der Waals surface area contributed by atoms with Crippen LogP contribution in [0.4, 0.5) is 0 Å². The van der Waals surface area contributed by atoms with Crippen LogP contribution in [0.5, 0.6) is 0 Å². The van der Waals surface area contributed by atoms with E-state index in [1.807, 2.05) is 0 Å². The highest BCUT2D eigenvalue weighted by molar-refractivity contribution is 5.79. The monoisotopic (exact) mass is 236 g/mol. The molecule has 0 radical (unpaired) electrons. The summed E-state index contributed by atoms with van der Waals surface area (Å²) in [5.41, 5.74) is 6.25. The molecule has 0 aliphatic heterocycles. The summed E-state index contributed by atoms with van der Waals surface area (Å²) in [6.45, 7) is 10.6. The van der Waals surface area contributed by atoms with Crippen LogP contribution < -0.4 is 0 Å². The van der Waals surface area contributed by atoms with Gasteiger partial charge in [-0.1, -0.05) is 74.5 Å². The molecule has 0 saturated heterocycles. The summed E-state index contributed by atoms with van der Waals surface area (Å²) >= 11 is 0. The second kappa shape index (κ2) is 5.22. The average molecular weight is 236 g/mol. The van der Waals surface area contributed by atoms with E-state index in [-0.39, 0.29) is 0 Å². The molecule has 0 aliphatic rings. The van der Waals surface area contributed by atoms with E-state index in [0.29, 0.717) is 5.92 Å². The number of allylic oxidation sites excluding steroid dienone is 1. The predicted molar refractivity (Wildman–Crippen MR) is 80.7 cm³/mol. The van der Waals surface area contributed by atoms with Crippen molar-refractivity contribution in [1.82, 2.24) is 0 Å². The first-order valence-corrected chi connectivity index (χ1v) is 6.45. The highest BCUT2D eigenvalue weighted by Gasteiger charge is 2.05. The van der Waals surface area contributed by atoms with E-state index < -0.39 is 0 Å². The molecule has 2 aromatic rings. The molecule has 92 valence electrons. The maximum absolute atomic E-state index is 4.06. The predicted octanol–water partition coefficient (Wildman–Crippen LogP) is 5.51. The smallest absolute Gasteiger partial charge is 0.0109 e. The zero-order valence-electron chi connectivity index (χ0n) is 11.4. The first kappa shape index (κ1) is 12.6. The molecule has 18 heavy (non-hydrogen) atoms. The minimum atomic E-state index is 0.579. The van der Waals surface area contributed by atoms with Gasteiger partial charge in [0, 0.05) is 0 Å². The van der Waals surface area contributed by atoms with Crippen LogP contribution in [0, 0.1) is 0 Å². The Kier molecular flexibility index (Phi) is 3.66. The summed E-state index contributed by atoms with van der Waals surface area (Å²) in [5.74, 6) is 0.579. The van der Waals surface area contributed by atoms with Crippen molar-refractivity contribution in [2.24, 2.45) is 0 Å². The van der Waals surface area contributed by atoms with Crippen LogP contribution in [0.15, 0.2) is 55.1 Å². The largest absolute Gasteiger partial charge is 0.0955 e. The summed E-state index contributed by atoms with van der Waals surface area (Å²) in [7, 11) is 0. The molecule has 0 aromatic heterocycles. The molecule has 0 fully saturated rings. The number of rotatable bonds is 3. The van der Waals surface area contributed by atoms with Crippen molar-refractivity contribution in [1.29, 1.82) is 0 Å². The van der Waals surface area contributed by atoms with E-state index >= 15 is 0 Å². The van der Waals surface area contributed by atoms with Crippen molar-refractivity contribution in [3.8, 4) is 11.1 Å². The van der Waals surface area contributed by atoms with Gasteiger partial charge in [0.1, 0.15) is 0 Å². The molecule has 0 unspecified atom stereocenters. The fourth-order valence-corrected chi connectivity index (χ4v) is 2.15. The van der Waals surface area contributed by atoms with Crippen LogP contribution in [-0.2, 0) is 0 Å². The van der Waals surface area contributed by atoms with Gasteiger partial charge in [0.15, 0.2) is 0 Å². The molecule has 0 heterocycles. The van der Waals surface area contributed by atoms with Crippen LogP contribution in [0.1, 0.15) is 37.8 Å². The number of benzene rings is 2. The molecule has 0 spiro atoms. The van der Waals surface area contributed by atoms with E-state index in [2.05, 4.69) is 75.9 Å². The summed E-state index contributed by atoms with van der Waals surface area (Å²) in [6, 6.07) is 17.3. The first-order chi connectivity index (χ1) is 8.59. The molecule has 0 atom stereocenters. The highest BCUT2D eigenvalue weighted by Crippen LogP contribution is 2.29. The summed E-state index contributed by atoms with van der Waals surface area (Å²) in [6.07, 6.45) is 0. The highest BCUT2D eigenvalue weighted by atomic mass is 14.1. The van der Waals surface area contributed by atoms with Gasteiger partial charge in [-0.15, -0.1) is 0 Å². The Balaban J connectivity index is 2.46. The van der Waals surface area contributed by atoms with Crippen LogP contribution in [0.3, 0.4) is 0 Å². The Hall–Kier alpha value is -1.82. The third kappa shape index (κ3) is 2.53. The lowest BCUT2D eigenvalue weighted by atomic mass is 9.94. The summed E-state index contributed by atoms with van der Waals surface area (Å²) < 4.78 is 0. The van der Waals surface area contributed by atoms with Crippen LogP contribution in [-0.4, -0.2) is 0 Å². The SMILES string of the molecule is C=C(C)c1ccccc1-c1ccc(C(C)C)cc1. The lowest BCUT2D eigenvalue weighted by Gasteiger charge is -2.11. The average Bonchev–Trinajstić information content (AvgIpc) is 2.39. The van der Waals surface area contributed by atoms with E-state index in [9.17, 15) is 0 Å². The normalized spacial score (nSPS) is 10.7. The van der Waals surface area contributed by atoms with Crippen molar-refractivity contribution in [2.75, 3.05) is 0 Å². The molecule has 0 saturated carbocycles. The van der Waals surface area contributed by atoms with Gasteiger partial charge < -0.3 is 0 Å². The molecular formula is C18H20. The number of hydrogen-bond donors (Lipinski definition) is 0. The van der Waals surface area contributed by atoms with Crippen molar-refractivity contribution in [2.45, 2.75) is 26.7 Å². The second-order valence-corrected chi connectivity index (χ2v) is 5.10. The van der Waals surface area contributed by atoms with Gasteiger partial charge in [-0.3, -0.25) is 0 Å². The van der Waals surface area contributed by atoms with Crippen molar-refractivity contribution in [3.63, 3.8) is 0 Å². The topological polar surface area (TPSA) is 0 Å². The summed E-state index contributed by atoms with van der Waals surface area (Å²) in [5, 5.41) is 0. The van der Waals surface area contributed by atoms with Gasteiger partial charge in [0.25, 0.3) is 0 Å². The molecule has 0 nitrogen and oxygen atoms in total. The molecule has 0 amide bonds. The van der Waals surface area contributed by atoms with Crippen molar-refractivity contribution >= 4 is 5.57 Å². The second-order valence-electron chi connectivity index (χ2n) is 5.10. The van der Waals surface area contributed by atoms with Gasteiger partial charge in [-0.05, 0) is 35.1 Å². The molecular weight excluding hydrogens is 216 g/mol. The molecule has 0 bridgehead atoms. The standard InChI is InChI=1S/C18H20/c1-13(2)15-9-11-16(12-10-15)18-8-6-5-7-17(18)14(3)4/h5-13H,3H2,1-2,4H3. The zero-order chi connectivity index (χ0) is 13.1. The van der Waals surface area contributed by atoms with E-state index in [1.54, 1.807) is 0 Å². The van der Waals surface area contributed by atoms with Gasteiger partial charge in [0.2, 0.25) is 0 Å². The maximum atomic E-state index is 4.06. The molecule has 0 heteroatoms. The van der Waals surface area contributed by atoms with Crippen molar-refractivity contribution < 1.29 is 0 Å². The number of hydrogen-bond acceptors (Lipinski definition) is 0. The zero-order valence-corrected chi connectivity index (χ0v) is 11.4. The van der Waals surface area contributed by atoms with Gasteiger partial charge in [-0.25, -0.2) is 0 Å². The lowest BCUT2D eigenvalue weighted by molar-refractivity contribution is 0.867. The third-order valence-corrected chi connectivity index (χ3v) is 3.28. The lowest BCUT2D eigenvalue weighted by Crippen LogP contribution is -1.89. The van der Waals surface area contributed by atoms with E-state index in [0.717, 1.165) is 5.57 Å². The Labute approximate surface area is 110 Å². The maximum Gasteiger partial charge on any atom is -0.0109 e. The fraction of sp³-hybridized carbons (Fsp3) is 0.222. The molecule has 0 N–H and O–H groups in total. The minimum absolute atomic E-state index is 0.579. The molecule has 0 aliphatic carbocycles. The Morgan fingerprint density at radius 3 is 2.11 bits per heavy atom. The van der Waals surface area contributed by atoms with Crippen LogP contribution in [0.25, 0.3) is 16.7 Å². The quantitative estimate of drug-likeness (QED) is 0.659. The molecule has 2 aromatic carbocycles. The Bertz CT molecular complexity index is 545. The molecule has 2 rings (SSSR count). The van der Waals surface area contributed by atoms with Crippen LogP contribution >= 0.6 is 0 Å². The van der Waals surface area contributed by atoms with E-state index in [4.69, 9.17) is 0 Å². The van der Waals surface area contributed by atoms with Gasteiger partial charge >= 0.3 is 0 Å². The van der Waals surface area contributed by atoms with Gasteiger partial charge in [0.05, 0.1) is 0 Å². The van der Waals surface area contributed by atoms with Gasteiger partial charge in [-0.2, -0.15) is 0 Å². The Morgan fingerprint density at radius 1 is 0.944 bits per heavy atom. The minimum Gasteiger partial charge on any atom is -0.0955 e. The summed E-state index contributed by atoms with van der Waals surface area (Å²) in [4.78, 5) is 0.